The maximum absolute atomic E-state index is 12.5. The van der Waals surface area contributed by atoms with Crippen molar-refractivity contribution in [3.63, 3.8) is 0 Å². The summed E-state index contributed by atoms with van der Waals surface area (Å²) in [5.41, 5.74) is 1.69. The number of piperazine rings is 1. The largest absolute Gasteiger partial charge is 0.450 e. The topological polar surface area (TPSA) is 53.0 Å². The van der Waals surface area contributed by atoms with Gasteiger partial charge in [-0.2, -0.15) is 0 Å². The molecule has 1 amide bonds. The fraction of sp³-hybridized carbons (Fsp3) is 0.350. The number of carbonyl (C=O) groups excluding carboxylic acids is 1. The van der Waals surface area contributed by atoms with Gasteiger partial charge in [-0.05, 0) is 42.8 Å². The summed E-state index contributed by atoms with van der Waals surface area (Å²) in [5, 5.41) is 11.8. The van der Waals surface area contributed by atoms with Gasteiger partial charge >= 0.3 is 6.09 Å². The quantitative estimate of drug-likeness (QED) is 0.720. The molecule has 2 unspecified atom stereocenters. The highest BCUT2D eigenvalue weighted by atomic mass is 35.5. The van der Waals surface area contributed by atoms with E-state index in [0.29, 0.717) is 28.2 Å². The third kappa shape index (κ3) is 4.33. The third-order valence-electron chi connectivity index (χ3n) is 4.80. The van der Waals surface area contributed by atoms with Crippen molar-refractivity contribution < 1.29 is 14.6 Å². The number of carbonyl (C=O) groups is 1. The van der Waals surface area contributed by atoms with Crippen molar-refractivity contribution in [3.8, 4) is 0 Å². The Morgan fingerprint density at radius 2 is 1.79 bits per heavy atom. The van der Waals surface area contributed by atoms with E-state index < -0.39 is 12.1 Å². The Labute approximate surface area is 179 Å². The lowest BCUT2D eigenvalue weighted by atomic mass is 9.93. The summed E-state index contributed by atoms with van der Waals surface area (Å²) in [6.07, 6.45) is -0.442. The van der Waals surface area contributed by atoms with E-state index >= 15 is 0 Å². The first kappa shape index (κ1) is 21.1. The molecule has 3 rings (SSSR count). The van der Waals surface area contributed by atoms with Crippen LogP contribution in [0, 0.1) is 0 Å². The summed E-state index contributed by atoms with van der Waals surface area (Å²) in [6.45, 7) is 2.71. The molecule has 2 aromatic rings. The lowest BCUT2D eigenvalue weighted by Crippen LogP contribution is -2.58. The van der Waals surface area contributed by atoms with Crippen molar-refractivity contribution in [2.45, 2.75) is 19.0 Å². The second-order valence-electron chi connectivity index (χ2n) is 6.43. The van der Waals surface area contributed by atoms with E-state index in [1.807, 2.05) is 18.2 Å². The molecule has 1 N–H and O–H groups in total. The van der Waals surface area contributed by atoms with Gasteiger partial charge in [0.05, 0.1) is 36.0 Å². The molecule has 0 saturated carbocycles. The van der Waals surface area contributed by atoms with Gasteiger partial charge < -0.3 is 14.7 Å². The predicted molar refractivity (Wildman–Crippen MR) is 113 cm³/mol. The molecule has 1 fully saturated rings. The van der Waals surface area contributed by atoms with Crippen LogP contribution in [0.15, 0.2) is 42.5 Å². The molecule has 2 atom stereocenters. The van der Waals surface area contributed by atoms with E-state index in [1.54, 1.807) is 36.1 Å². The number of benzene rings is 2. The van der Waals surface area contributed by atoms with Gasteiger partial charge in [0, 0.05) is 23.1 Å². The van der Waals surface area contributed by atoms with Crippen LogP contribution in [-0.4, -0.2) is 48.4 Å². The third-order valence-corrected chi connectivity index (χ3v) is 5.59. The number of anilines is 1. The second-order valence-corrected chi connectivity index (χ2v) is 7.71. The van der Waals surface area contributed by atoms with Crippen LogP contribution in [0.25, 0.3) is 0 Å². The van der Waals surface area contributed by atoms with Crippen molar-refractivity contribution >= 4 is 46.6 Å². The lowest BCUT2D eigenvalue weighted by Gasteiger charge is -2.48. The molecule has 0 aromatic heterocycles. The highest BCUT2D eigenvalue weighted by molar-refractivity contribution is 6.36. The van der Waals surface area contributed by atoms with Crippen LogP contribution < -0.4 is 4.90 Å². The molecule has 5 nitrogen and oxygen atoms in total. The van der Waals surface area contributed by atoms with Crippen LogP contribution in [0.1, 0.15) is 18.5 Å². The monoisotopic (exact) mass is 442 g/mol. The first-order valence-corrected chi connectivity index (χ1v) is 10.1. The smallest absolute Gasteiger partial charge is 0.410 e. The van der Waals surface area contributed by atoms with Crippen molar-refractivity contribution in [1.29, 1.82) is 0 Å². The average molecular weight is 444 g/mol. The number of hydrogen-bond donors (Lipinski definition) is 1. The number of rotatable bonds is 4. The highest BCUT2D eigenvalue weighted by Crippen LogP contribution is 2.39. The number of ether oxygens (including phenoxy) is 1. The molecular formula is C20H21Cl3N2O3. The molecule has 0 spiro atoms. The molecule has 1 aliphatic rings. The van der Waals surface area contributed by atoms with Crippen molar-refractivity contribution in [2.24, 2.45) is 0 Å². The number of aliphatic hydroxyl groups excluding tert-OH is 1. The van der Waals surface area contributed by atoms with Crippen LogP contribution in [-0.2, 0) is 4.74 Å². The molecule has 0 radical (unpaired) electrons. The minimum absolute atomic E-state index is 0.228. The van der Waals surface area contributed by atoms with Crippen molar-refractivity contribution in [3.05, 3.63) is 63.1 Å². The normalized spacial score (nSPS) is 19.6. The molecule has 0 bridgehead atoms. The van der Waals surface area contributed by atoms with Gasteiger partial charge in [-0.3, -0.25) is 4.90 Å². The molecule has 2 aromatic carbocycles. The Bertz CT molecular complexity index is 832. The summed E-state index contributed by atoms with van der Waals surface area (Å²) >= 11 is 18.6. The van der Waals surface area contributed by atoms with Crippen LogP contribution in [0.3, 0.4) is 0 Å². The molecule has 0 aliphatic carbocycles. The Hall–Kier alpha value is -1.66. The van der Waals surface area contributed by atoms with E-state index in [1.165, 1.54) is 0 Å². The minimum Gasteiger partial charge on any atom is -0.450 e. The maximum atomic E-state index is 12.5. The van der Waals surface area contributed by atoms with E-state index in [9.17, 15) is 9.90 Å². The summed E-state index contributed by atoms with van der Waals surface area (Å²) in [4.78, 5) is 16.1. The van der Waals surface area contributed by atoms with Gasteiger partial charge in [0.15, 0.2) is 0 Å². The summed E-state index contributed by atoms with van der Waals surface area (Å²) in [7, 11) is 0. The molecule has 8 heteroatoms. The fourth-order valence-corrected chi connectivity index (χ4v) is 4.22. The Morgan fingerprint density at radius 1 is 1.11 bits per heavy atom. The first-order valence-electron chi connectivity index (χ1n) is 8.97. The zero-order valence-electron chi connectivity index (χ0n) is 15.3. The van der Waals surface area contributed by atoms with Crippen LogP contribution in [0.4, 0.5) is 10.5 Å². The number of nitrogens with zero attached hydrogens (tertiary/aromatic N) is 2. The molecule has 150 valence electrons. The molecule has 1 saturated heterocycles. The zero-order chi connectivity index (χ0) is 20.3. The van der Waals surface area contributed by atoms with Crippen molar-refractivity contribution in [2.75, 3.05) is 31.2 Å². The van der Waals surface area contributed by atoms with Gasteiger partial charge in [0.2, 0.25) is 0 Å². The molecular weight excluding hydrogens is 423 g/mol. The highest BCUT2D eigenvalue weighted by Gasteiger charge is 2.40. The van der Waals surface area contributed by atoms with Gasteiger partial charge in [0.1, 0.15) is 0 Å². The molecule has 1 aliphatic heterocycles. The lowest BCUT2D eigenvalue weighted by molar-refractivity contribution is 0.0524. The molecule has 1 heterocycles. The van der Waals surface area contributed by atoms with Gasteiger partial charge in [-0.1, -0.05) is 46.9 Å². The first-order chi connectivity index (χ1) is 13.5. The van der Waals surface area contributed by atoms with Gasteiger partial charge in [-0.25, -0.2) is 4.79 Å². The zero-order valence-corrected chi connectivity index (χ0v) is 17.6. The number of halogens is 3. The van der Waals surface area contributed by atoms with Crippen molar-refractivity contribution in [1.82, 2.24) is 4.90 Å². The van der Waals surface area contributed by atoms with E-state index in [4.69, 9.17) is 39.5 Å². The SMILES string of the molecule is CCOC(=O)N1CCN(c2ccc(Cl)cc2Cl)C(c2ccc(Cl)cc2)C1CO. The van der Waals surface area contributed by atoms with E-state index in [0.717, 1.165) is 11.3 Å². The van der Waals surface area contributed by atoms with Crippen LogP contribution >= 0.6 is 34.8 Å². The Kier molecular flexibility index (Phi) is 6.94. The van der Waals surface area contributed by atoms with Crippen LogP contribution in [0.2, 0.25) is 15.1 Å². The van der Waals surface area contributed by atoms with Gasteiger partial charge in [-0.15, -0.1) is 0 Å². The van der Waals surface area contributed by atoms with Crippen LogP contribution in [0.5, 0.6) is 0 Å². The average Bonchev–Trinajstić information content (AvgIpc) is 2.68. The van der Waals surface area contributed by atoms with Gasteiger partial charge in [0.25, 0.3) is 0 Å². The predicted octanol–water partition coefficient (Wildman–Crippen LogP) is 5.03. The summed E-state index contributed by atoms with van der Waals surface area (Å²) < 4.78 is 5.19. The Morgan fingerprint density at radius 3 is 2.39 bits per heavy atom. The summed E-state index contributed by atoms with van der Waals surface area (Å²) in [6, 6.07) is 11.8. The summed E-state index contributed by atoms with van der Waals surface area (Å²) in [5.74, 6) is 0. The fourth-order valence-electron chi connectivity index (χ4n) is 3.58. The molecule has 28 heavy (non-hydrogen) atoms. The Balaban J connectivity index is 2.06. The minimum atomic E-state index is -0.513. The number of amides is 1. The maximum Gasteiger partial charge on any atom is 0.410 e. The second kappa shape index (κ2) is 9.23. The number of aliphatic hydroxyl groups is 1. The van der Waals surface area contributed by atoms with E-state index in [-0.39, 0.29) is 19.3 Å². The standard InChI is InChI=1S/C20H21Cl3N2O3/c1-2-28-20(27)25-10-9-24(17-8-7-15(22)11-16(17)23)19(18(25)12-26)13-3-5-14(21)6-4-13/h3-8,11,18-19,26H,2,9-10,12H2,1H3. The number of hydrogen-bond acceptors (Lipinski definition) is 4. The van der Waals surface area contributed by atoms with E-state index in [2.05, 4.69) is 4.90 Å².